The first-order chi connectivity index (χ1) is 12.8. The molecule has 2 amide bonds. The van der Waals surface area contributed by atoms with E-state index in [0.717, 1.165) is 6.07 Å². The lowest BCUT2D eigenvalue weighted by molar-refractivity contribution is 0.0521. The minimum absolute atomic E-state index is 0.0437. The third-order valence-electron chi connectivity index (χ3n) is 3.02. The van der Waals surface area contributed by atoms with Crippen LogP contribution in [0.25, 0.3) is 0 Å². The molecule has 0 fully saturated rings. The summed E-state index contributed by atoms with van der Waals surface area (Å²) in [4.78, 5) is 31.1. The summed E-state index contributed by atoms with van der Waals surface area (Å²) >= 11 is 5.83. The fourth-order valence-corrected chi connectivity index (χ4v) is 3.28. The predicted octanol–water partition coefficient (Wildman–Crippen LogP) is 1.83. The number of urea groups is 1. The molecule has 2 rings (SSSR count). The average molecular weight is 415 g/mol. The topological polar surface area (TPSA) is 137 Å². The Labute approximate surface area is 159 Å². The first-order valence-corrected chi connectivity index (χ1v) is 9.30. The molecule has 0 aliphatic rings. The van der Waals surface area contributed by atoms with Crippen LogP contribution in [0.5, 0.6) is 5.88 Å². The number of aromatic nitrogens is 2. The number of esters is 1. The van der Waals surface area contributed by atoms with Crippen molar-refractivity contribution < 1.29 is 27.5 Å². The molecule has 12 heteroatoms. The van der Waals surface area contributed by atoms with Crippen molar-refractivity contribution in [2.24, 2.45) is 0 Å². The zero-order valence-electron chi connectivity index (χ0n) is 14.2. The van der Waals surface area contributed by atoms with Crippen molar-refractivity contribution in [3.05, 3.63) is 41.0 Å². The van der Waals surface area contributed by atoms with Crippen LogP contribution in [-0.4, -0.2) is 44.1 Å². The van der Waals surface area contributed by atoms with Gasteiger partial charge in [0.05, 0.1) is 19.3 Å². The first-order valence-electron chi connectivity index (χ1n) is 7.44. The van der Waals surface area contributed by atoms with Crippen LogP contribution in [0.1, 0.15) is 17.3 Å². The third kappa shape index (κ3) is 5.28. The second-order valence-corrected chi connectivity index (χ2v) is 6.93. The molecule has 0 atom stereocenters. The van der Waals surface area contributed by atoms with E-state index in [1.54, 1.807) is 11.6 Å². The van der Waals surface area contributed by atoms with Crippen LogP contribution in [0.15, 0.2) is 35.4 Å². The smallest absolute Gasteiger partial charge is 0.339 e. The number of rotatable bonds is 6. The van der Waals surface area contributed by atoms with E-state index in [1.165, 1.54) is 31.5 Å². The number of hydrogen-bond acceptors (Lipinski definition) is 8. The van der Waals surface area contributed by atoms with Crippen LogP contribution in [0.4, 0.5) is 10.7 Å². The van der Waals surface area contributed by atoms with Crippen LogP contribution in [-0.2, 0) is 14.8 Å². The van der Waals surface area contributed by atoms with E-state index in [-0.39, 0.29) is 29.0 Å². The summed E-state index contributed by atoms with van der Waals surface area (Å²) in [5, 5.41) is 2.21. The first kappa shape index (κ1) is 20.4. The fourth-order valence-electron chi connectivity index (χ4n) is 1.92. The number of carbonyl (C=O) groups excluding carboxylic acids is 2. The number of sulfonamides is 1. The van der Waals surface area contributed by atoms with Gasteiger partial charge in [-0.15, -0.1) is 0 Å². The molecular formula is C15H15ClN4O6S. The minimum atomic E-state index is -4.45. The number of ether oxygens (including phenoxy) is 2. The molecule has 1 aromatic carbocycles. The summed E-state index contributed by atoms with van der Waals surface area (Å²) < 4.78 is 36.5. The Hall–Kier alpha value is -2.92. The highest BCUT2D eigenvalue weighted by Crippen LogP contribution is 2.22. The van der Waals surface area contributed by atoms with Crippen LogP contribution in [0.2, 0.25) is 5.02 Å². The van der Waals surface area contributed by atoms with Crippen LogP contribution in [0.3, 0.4) is 0 Å². The van der Waals surface area contributed by atoms with Crippen LogP contribution >= 0.6 is 11.6 Å². The van der Waals surface area contributed by atoms with E-state index in [0.29, 0.717) is 0 Å². The predicted molar refractivity (Wildman–Crippen MR) is 95.3 cm³/mol. The average Bonchev–Trinajstić information content (AvgIpc) is 2.61. The molecular weight excluding hydrogens is 400 g/mol. The zero-order valence-corrected chi connectivity index (χ0v) is 15.8. The number of halogens is 1. The summed E-state index contributed by atoms with van der Waals surface area (Å²) in [6.07, 6.45) is 1.31. The lowest BCUT2D eigenvalue weighted by Crippen LogP contribution is -2.35. The highest BCUT2D eigenvalue weighted by Gasteiger charge is 2.26. The Bertz CT molecular complexity index is 967. The van der Waals surface area contributed by atoms with Crippen molar-refractivity contribution in [3.8, 4) is 5.88 Å². The van der Waals surface area contributed by atoms with Gasteiger partial charge in [-0.3, -0.25) is 5.32 Å². The maximum Gasteiger partial charge on any atom is 0.339 e. The number of methoxy groups -OCH3 is 1. The maximum absolute atomic E-state index is 12.5. The molecule has 1 aromatic heterocycles. The van der Waals surface area contributed by atoms with Gasteiger partial charge < -0.3 is 9.47 Å². The van der Waals surface area contributed by atoms with E-state index in [2.05, 4.69) is 15.3 Å². The SMILES string of the molecule is CCOC(=O)c1ccc(Cl)cc1S(=O)(=O)NC(=O)Nc1nccc(OC)n1. The Morgan fingerprint density at radius 3 is 2.67 bits per heavy atom. The number of hydrogen-bond donors (Lipinski definition) is 2. The fraction of sp³-hybridized carbons (Fsp3) is 0.200. The maximum atomic E-state index is 12.5. The standard InChI is InChI=1S/C15H15ClN4O6S/c1-3-26-13(21)10-5-4-9(16)8-11(10)27(23,24)20-15(22)19-14-17-7-6-12(18-14)25-2/h4-8H,3H2,1-2H3,(H2,17,18,19,20,22). The van der Waals surface area contributed by atoms with E-state index in [9.17, 15) is 18.0 Å². The highest BCUT2D eigenvalue weighted by atomic mass is 35.5. The molecule has 1 heterocycles. The normalized spacial score (nSPS) is 10.8. The number of nitrogens with one attached hydrogen (secondary N) is 2. The van der Waals surface area contributed by atoms with Gasteiger partial charge in [-0.05, 0) is 25.1 Å². The van der Waals surface area contributed by atoms with E-state index in [4.69, 9.17) is 21.1 Å². The van der Waals surface area contributed by atoms with Gasteiger partial charge in [0.2, 0.25) is 11.8 Å². The van der Waals surface area contributed by atoms with E-state index < -0.39 is 26.9 Å². The molecule has 0 spiro atoms. The molecule has 2 aromatic rings. The lowest BCUT2D eigenvalue weighted by Gasteiger charge is -2.12. The monoisotopic (exact) mass is 414 g/mol. The van der Waals surface area contributed by atoms with Crippen molar-refractivity contribution in [1.29, 1.82) is 0 Å². The molecule has 0 saturated heterocycles. The molecule has 0 saturated carbocycles. The van der Waals surface area contributed by atoms with Crippen molar-refractivity contribution in [2.75, 3.05) is 19.0 Å². The second-order valence-electron chi connectivity index (χ2n) is 4.84. The summed E-state index contributed by atoms with van der Waals surface area (Å²) in [5.41, 5.74) is -0.265. The number of anilines is 1. The summed E-state index contributed by atoms with van der Waals surface area (Å²) in [5.74, 6) is -0.882. The highest BCUT2D eigenvalue weighted by molar-refractivity contribution is 7.90. The van der Waals surface area contributed by atoms with Gasteiger partial charge in [-0.2, -0.15) is 4.98 Å². The van der Waals surface area contributed by atoms with Crippen molar-refractivity contribution in [2.45, 2.75) is 11.8 Å². The van der Waals surface area contributed by atoms with Crippen LogP contribution < -0.4 is 14.8 Å². The van der Waals surface area contributed by atoms with E-state index in [1.807, 2.05) is 0 Å². The van der Waals surface area contributed by atoms with Gasteiger partial charge in [0.15, 0.2) is 0 Å². The minimum Gasteiger partial charge on any atom is -0.481 e. The Balaban J connectivity index is 2.26. The Morgan fingerprint density at radius 2 is 2.00 bits per heavy atom. The third-order valence-corrected chi connectivity index (χ3v) is 4.63. The van der Waals surface area contributed by atoms with Crippen molar-refractivity contribution in [3.63, 3.8) is 0 Å². The molecule has 2 N–H and O–H groups in total. The Kier molecular flexibility index (Phi) is 6.53. The summed E-state index contributed by atoms with van der Waals surface area (Å²) in [6.45, 7) is 1.61. The number of amides is 2. The molecule has 27 heavy (non-hydrogen) atoms. The van der Waals surface area contributed by atoms with E-state index >= 15 is 0 Å². The molecule has 0 aliphatic carbocycles. The molecule has 0 bridgehead atoms. The quantitative estimate of drug-likeness (QED) is 0.683. The van der Waals surface area contributed by atoms with Gasteiger partial charge in [-0.25, -0.2) is 27.7 Å². The molecule has 0 aliphatic heterocycles. The number of carbonyl (C=O) groups is 2. The van der Waals surface area contributed by atoms with Crippen molar-refractivity contribution in [1.82, 2.24) is 14.7 Å². The molecule has 0 unspecified atom stereocenters. The zero-order chi connectivity index (χ0) is 20.0. The summed E-state index contributed by atoms with van der Waals surface area (Å²) in [7, 11) is -3.08. The van der Waals surface area contributed by atoms with Crippen LogP contribution in [0, 0.1) is 0 Å². The van der Waals surface area contributed by atoms with Crippen molar-refractivity contribution >= 4 is 39.6 Å². The molecule has 144 valence electrons. The number of benzene rings is 1. The lowest BCUT2D eigenvalue weighted by atomic mass is 10.2. The Morgan fingerprint density at radius 1 is 1.26 bits per heavy atom. The van der Waals surface area contributed by atoms with Gasteiger partial charge >= 0.3 is 12.0 Å². The largest absolute Gasteiger partial charge is 0.481 e. The van der Waals surface area contributed by atoms with Gasteiger partial charge in [0.25, 0.3) is 10.0 Å². The summed E-state index contributed by atoms with van der Waals surface area (Å²) in [6, 6.07) is 3.86. The van der Waals surface area contributed by atoms with Gasteiger partial charge in [-0.1, -0.05) is 11.6 Å². The molecule has 0 radical (unpaired) electrons. The van der Waals surface area contributed by atoms with Gasteiger partial charge in [0.1, 0.15) is 4.90 Å². The number of nitrogens with zero attached hydrogens (tertiary/aromatic N) is 2. The van der Waals surface area contributed by atoms with Gasteiger partial charge in [0, 0.05) is 17.3 Å². The molecule has 10 nitrogen and oxygen atoms in total. The second kappa shape index (κ2) is 8.64.